The zero-order chi connectivity index (χ0) is 38.6. The molecule has 1 aromatic heterocycles. The summed E-state index contributed by atoms with van der Waals surface area (Å²) in [5.74, 6) is -0.832. The number of furan rings is 1. The third-order valence-electron chi connectivity index (χ3n) is 11.3. The fourth-order valence-electron chi connectivity index (χ4n) is 8.22. The second kappa shape index (κ2) is 17.2. The lowest BCUT2D eigenvalue weighted by atomic mass is 9.64. The summed E-state index contributed by atoms with van der Waals surface area (Å²) in [4.78, 5) is 16.5. The lowest BCUT2D eigenvalue weighted by Gasteiger charge is -2.46. The SMILES string of the molecule is COCCCN(C[C@H](O)CO)C[C@]1(O)CC[C@H]2c3ccc(cc3C(=O)c3ccc(-c4cc(C(F)(F)F)ccc4Cl)o3)C[C@@H](O)CCC(C)=CCC[C@@]21C. The van der Waals surface area contributed by atoms with Crippen LogP contribution in [0.2, 0.25) is 5.02 Å². The largest absolute Gasteiger partial charge is 0.453 e. The molecule has 3 aromatic rings. The van der Waals surface area contributed by atoms with E-state index in [9.17, 15) is 38.4 Å². The number of ketones is 1. The molecule has 290 valence electrons. The van der Waals surface area contributed by atoms with Gasteiger partial charge in [0.05, 0.1) is 35.0 Å². The van der Waals surface area contributed by atoms with Gasteiger partial charge in [0.15, 0.2) is 5.76 Å². The van der Waals surface area contributed by atoms with Gasteiger partial charge in [-0.25, -0.2) is 0 Å². The molecule has 1 heterocycles. The van der Waals surface area contributed by atoms with Crippen LogP contribution in [0.25, 0.3) is 11.3 Å². The summed E-state index contributed by atoms with van der Waals surface area (Å²) in [5, 5.41) is 43.8. The van der Waals surface area contributed by atoms with Gasteiger partial charge in [0, 0.05) is 49.9 Å². The second-order valence-electron chi connectivity index (χ2n) is 15.1. The molecule has 0 spiro atoms. The van der Waals surface area contributed by atoms with Gasteiger partial charge < -0.3 is 29.6 Å². The van der Waals surface area contributed by atoms with Crippen molar-refractivity contribution in [2.75, 3.05) is 40.0 Å². The van der Waals surface area contributed by atoms with Crippen molar-refractivity contribution in [3.8, 4) is 11.3 Å². The Hall–Kier alpha value is -3.03. The van der Waals surface area contributed by atoms with E-state index in [1.807, 2.05) is 24.0 Å². The van der Waals surface area contributed by atoms with Gasteiger partial charge in [-0.15, -0.1) is 0 Å². The fraction of sp³-hybridized carbons (Fsp3) is 0.537. The molecule has 2 aromatic carbocycles. The van der Waals surface area contributed by atoms with Crippen LogP contribution in [-0.4, -0.2) is 88.9 Å². The van der Waals surface area contributed by atoms with E-state index in [-0.39, 0.29) is 41.1 Å². The number of halogens is 4. The highest BCUT2D eigenvalue weighted by Crippen LogP contribution is 2.59. The van der Waals surface area contributed by atoms with Crippen LogP contribution in [0.3, 0.4) is 0 Å². The molecule has 0 radical (unpaired) electrons. The van der Waals surface area contributed by atoms with Crippen molar-refractivity contribution >= 4 is 17.4 Å². The summed E-state index contributed by atoms with van der Waals surface area (Å²) < 4.78 is 51.9. The normalized spacial score (nSPS) is 24.6. The Morgan fingerprint density at radius 1 is 1.13 bits per heavy atom. The number of ether oxygens (including phenoxy) is 1. The molecule has 3 aliphatic carbocycles. The smallest absolute Gasteiger partial charge is 0.416 e. The van der Waals surface area contributed by atoms with E-state index in [0.29, 0.717) is 75.6 Å². The van der Waals surface area contributed by atoms with Crippen molar-refractivity contribution in [3.05, 3.63) is 93.2 Å². The van der Waals surface area contributed by atoms with E-state index in [1.54, 1.807) is 13.2 Å². The van der Waals surface area contributed by atoms with E-state index < -0.39 is 47.4 Å². The zero-order valence-electron chi connectivity index (χ0n) is 30.6. The highest BCUT2D eigenvalue weighted by molar-refractivity contribution is 6.33. The molecule has 1 saturated carbocycles. The van der Waals surface area contributed by atoms with Crippen molar-refractivity contribution in [3.63, 3.8) is 0 Å². The van der Waals surface area contributed by atoms with Gasteiger partial charge in [0.2, 0.25) is 5.78 Å². The maximum absolute atomic E-state index is 14.5. The van der Waals surface area contributed by atoms with Crippen molar-refractivity contribution in [2.24, 2.45) is 5.41 Å². The summed E-state index contributed by atoms with van der Waals surface area (Å²) in [7, 11) is 1.61. The van der Waals surface area contributed by atoms with E-state index in [0.717, 1.165) is 29.3 Å². The molecule has 4 N–H and O–H groups in total. The molecule has 0 saturated heterocycles. The van der Waals surface area contributed by atoms with Crippen LogP contribution in [0.15, 0.2) is 64.6 Å². The number of methoxy groups -OCH3 is 1. The van der Waals surface area contributed by atoms with Gasteiger partial charge in [-0.1, -0.05) is 42.3 Å². The van der Waals surface area contributed by atoms with Gasteiger partial charge in [-0.3, -0.25) is 9.69 Å². The summed E-state index contributed by atoms with van der Waals surface area (Å²) >= 11 is 6.30. The molecular formula is C41H51ClF3NO7. The molecule has 0 amide bonds. The minimum absolute atomic E-state index is 0.00486. The Bertz CT molecular complexity index is 1760. The van der Waals surface area contributed by atoms with Crippen LogP contribution in [-0.2, 0) is 17.3 Å². The minimum atomic E-state index is -4.60. The van der Waals surface area contributed by atoms with E-state index >= 15 is 0 Å². The molecule has 8 nitrogen and oxygen atoms in total. The third-order valence-corrected chi connectivity index (χ3v) is 11.6. The number of aliphatic hydroxyl groups excluding tert-OH is 3. The summed E-state index contributed by atoms with van der Waals surface area (Å²) in [5.41, 5.74) is 0.0415. The Balaban J connectivity index is 1.57. The molecule has 12 heteroatoms. The molecular weight excluding hydrogens is 711 g/mol. The van der Waals surface area contributed by atoms with Gasteiger partial charge in [0.25, 0.3) is 0 Å². The first kappa shape index (κ1) is 41.1. The van der Waals surface area contributed by atoms with E-state index in [1.165, 1.54) is 12.1 Å². The molecule has 2 bridgehead atoms. The number of carbonyl (C=O) groups is 1. The maximum atomic E-state index is 14.5. The Morgan fingerprint density at radius 3 is 2.62 bits per heavy atom. The Morgan fingerprint density at radius 2 is 1.91 bits per heavy atom. The number of aliphatic hydroxyl groups is 4. The van der Waals surface area contributed by atoms with Crippen molar-refractivity contribution in [1.29, 1.82) is 0 Å². The monoisotopic (exact) mass is 761 g/mol. The Labute approximate surface area is 314 Å². The summed E-state index contributed by atoms with van der Waals surface area (Å²) in [6, 6.07) is 11.4. The first-order valence-corrected chi connectivity index (χ1v) is 18.7. The van der Waals surface area contributed by atoms with Gasteiger partial charge >= 0.3 is 6.18 Å². The number of benzene rings is 2. The van der Waals surface area contributed by atoms with Crippen molar-refractivity contribution in [2.45, 2.75) is 95.1 Å². The molecule has 1 fully saturated rings. The van der Waals surface area contributed by atoms with Gasteiger partial charge in [-0.05, 0) is 112 Å². The number of nitrogens with zero attached hydrogens (tertiary/aromatic N) is 1. The first-order valence-electron chi connectivity index (χ1n) is 18.3. The van der Waals surface area contributed by atoms with Gasteiger partial charge in [-0.2, -0.15) is 13.2 Å². The first-order chi connectivity index (χ1) is 25.1. The number of rotatable bonds is 12. The lowest BCUT2D eigenvalue weighted by molar-refractivity contribution is -0.137. The number of hydrogen-bond acceptors (Lipinski definition) is 8. The zero-order valence-corrected chi connectivity index (χ0v) is 31.3. The van der Waals surface area contributed by atoms with Crippen molar-refractivity contribution in [1.82, 2.24) is 4.90 Å². The number of fused-ring (bicyclic) bond motifs is 8. The second-order valence-corrected chi connectivity index (χ2v) is 15.5. The highest BCUT2D eigenvalue weighted by atomic mass is 35.5. The van der Waals surface area contributed by atoms with E-state index in [4.69, 9.17) is 20.8 Å². The lowest BCUT2D eigenvalue weighted by Crippen LogP contribution is -2.54. The standard InChI is InChI=1S/C41H51ClF3NO7/c1-26-6-4-16-39(2)34(15-17-40(39,51)25-46(18-5-19-52-3)23-30(49)24-47)31-11-8-27(20-29(48)10-7-26)21-32(31)38(50)37-14-13-36(53-37)33-22-28(41(43,44)45)9-12-35(33)42/h6,8-9,11-14,21-22,29-30,34,47-49,51H,4-5,7,10,15-20,23-25H2,1-3H3/t29-,30-,34-,39-,40+/m0/s1. The molecule has 0 unspecified atom stereocenters. The predicted molar refractivity (Wildman–Crippen MR) is 197 cm³/mol. The van der Waals surface area contributed by atoms with E-state index in [2.05, 4.69) is 13.0 Å². The van der Waals surface area contributed by atoms with Crippen LogP contribution in [0.5, 0.6) is 0 Å². The average Bonchev–Trinajstić information content (AvgIpc) is 3.69. The summed E-state index contributed by atoms with van der Waals surface area (Å²) in [6.45, 7) is 5.11. The summed E-state index contributed by atoms with van der Waals surface area (Å²) in [6.07, 6.45) is 0.313. The van der Waals surface area contributed by atoms with Crippen LogP contribution < -0.4 is 0 Å². The van der Waals surface area contributed by atoms with Crippen LogP contribution in [0.1, 0.15) is 97.5 Å². The van der Waals surface area contributed by atoms with Gasteiger partial charge in [0.1, 0.15) is 5.76 Å². The van der Waals surface area contributed by atoms with Crippen LogP contribution in [0.4, 0.5) is 13.2 Å². The third kappa shape index (κ3) is 9.44. The average molecular weight is 762 g/mol. The highest BCUT2D eigenvalue weighted by Gasteiger charge is 2.57. The number of allylic oxidation sites excluding steroid dienone is 2. The topological polar surface area (TPSA) is 124 Å². The van der Waals surface area contributed by atoms with Crippen LogP contribution >= 0.6 is 11.6 Å². The molecule has 53 heavy (non-hydrogen) atoms. The van der Waals surface area contributed by atoms with Crippen molar-refractivity contribution < 1.29 is 47.5 Å². The Kier molecular flexibility index (Phi) is 13.3. The number of hydrogen-bond donors (Lipinski definition) is 4. The molecule has 0 aliphatic heterocycles. The number of carbonyl (C=O) groups excluding carboxylic acids is 1. The quantitative estimate of drug-likeness (QED) is 0.0847. The minimum Gasteiger partial charge on any atom is -0.453 e. The number of alkyl halides is 3. The predicted octanol–water partition coefficient (Wildman–Crippen LogP) is 7.58. The fourth-order valence-corrected chi connectivity index (χ4v) is 8.43. The van der Waals surface area contributed by atoms with Crippen LogP contribution in [0, 0.1) is 5.41 Å². The molecule has 6 rings (SSSR count). The molecule has 5 atom stereocenters. The maximum Gasteiger partial charge on any atom is 0.416 e. The molecule has 3 aliphatic rings.